The van der Waals surface area contributed by atoms with Crippen molar-refractivity contribution in [3.05, 3.63) is 47.9 Å². The highest BCUT2D eigenvalue weighted by atomic mass is 16.5. The first kappa shape index (κ1) is 19.4. The van der Waals surface area contributed by atoms with Crippen molar-refractivity contribution in [3.8, 4) is 0 Å². The lowest BCUT2D eigenvalue weighted by atomic mass is 9.65. The van der Waals surface area contributed by atoms with Gasteiger partial charge >= 0.3 is 0 Å². The number of nitrogens with zero attached hydrogens (tertiary/aromatic N) is 1. The van der Waals surface area contributed by atoms with Crippen molar-refractivity contribution in [3.63, 3.8) is 0 Å². The Kier molecular flexibility index (Phi) is 5.52. The van der Waals surface area contributed by atoms with E-state index in [1.165, 1.54) is 17.7 Å². The first-order chi connectivity index (χ1) is 14.2. The quantitative estimate of drug-likeness (QED) is 0.581. The van der Waals surface area contributed by atoms with Crippen LogP contribution in [0, 0.1) is 17.8 Å². The molecule has 0 aromatic rings. The van der Waals surface area contributed by atoms with Crippen molar-refractivity contribution >= 4 is 0 Å². The van der Waals surface area contributed by atoms with Crippen LogP contribution in [0.15, 0.2) is 47.9 Å². The summed E-state index contributed by atoms with van der Waals surface area (Å²) >= 11 is 0. The minimum atomic E-state index is 0.267. The molecule has 0 spiro atoms. The van der Waals surface area contributed by atoms with Gasteiger partial charge in [-0.3, -0.25) is 10.2 Å². The van der Waals surface area contributed by atoms with Gasteiger partial charge in [-0.2, -0.15) is 0 Å². The first-order valence-corrected chi connectivity index (χ1v) is 11.3. The van der Waals surface area contributed by atoms with Crippen molar-refractivity contribution < 1.29 is 4.74 Å². The molecular formula is C23H35N5O. The Hall–Kier alpha value is -1.60. The third-order valence-corrected chi connectivity index (χ3v) is 7.48. The predicted molar refractivity (Wildman–Crippen MR) is 116 cm³/mol. The average molecular weight is 398 g/mol. The minimum absolute atomic E-state index is 0.267. The second-order valence-electron chi connectivity index (χ2n) is 9.21. The first-order valence-electron chi connectivity index (χ1n) is 11.3. The summed E-state index contributed by atoms with van der Waals surface area (Å²) in [7, 11) is 0. The van der Waals surface area contributed by atoms with Gasteiger partial charge in [-0.05, 0) is 50.8 Å². The van der Waals surface area contributed by atoms with Crippen LogP contribution in [0.5, 0.6) is 0 Å². The topological polar surface area (TPSA) is 60.6 Å². The molecular weight excluding hydrogens is 362 g/mol. The highest BCUT2D eigenvalue weighted by molar-refractivity contribution is 5.28. The summed E-state index contributed by atoms with van der Waals surface area (Å²) in [5.41, 5.74) is 9.39. The lowest BCUT2D eigenvalue weighted by Crippen LogP contribution is -2.68. The SMILES string of the molecule is CC1=CNC(C2=CCNN2)C2NC(N3CCOC[C@H]3C)CC(C3C=CC=CC3)C12. The van der Waals surface area contributed by atoms with Crippen molar-refractivity contribution in [1.82, 2.24) is 26.4 Å². The van der Waals surface area contributed by atoms with Gasteiger partial charge < -0.3 is 15.5 Å². The molecule has 7 atom stereocenters. The van der Waals surface area contributed by atoms with Gasteiger partial charge in [0.2, 0.25) is 0 Å². The molecule has 0 saturated carbocycles. The van der Waals surface area contributed by atoms with E-state index in [0.29, 0.717) is 36.0 Å². The molecule has 5 aliphatic rings. The van der Waals surface area contributed by atoms with Crippen LogP contribution < -0.4 is 21.5 Å². The summed E-state index contributed by atoms with van der Waals surface area (Å²) in [5.74, 6) is 1.79. The largest absolute Gasteiger partial charge is 0.381 e. The Bertz CT molecular complexity index is 729. The minimum Gasteiger partial charge on any atom is -0.381 e. The molecule has 1 aliphatic carbocycles. The molecule has 29 heavy (non-hydrogen) atoms. The third-order valence-electron chi connectivity index (χ3n) is 7.48. The van der Waals surface area contributed by atoms with Gasteiger partial charge in [0.1, 0.15) is 0 Å². The van der Waals surface area contributed by atoms with Gasteiger partial charge in [-0.15, -0.1) is 0 Å². The predicted octanol–water partition coefficient (Wildman–Crippen LogP) is 1.63. The second kappa shape index (κ2) is 8.26. The highest BCUT2D eigenvalue weighted by Crippen LogP contribution is 2.43. The van der Waals surface area contributed by atoms with E-state index < -0.39 is 0 Å². The van der Waals surface area contributed by atoms with E-state index in [9.17, 15) is 0 Å². The number of fused-ring (bicyclic) bond motifs is 1. The number of ether oxygens (including phenoxy) is 1. The number of piperidine rings is 1. The summed E-state index contributed by atoms with van der Waals surface area (Å²) in [6.45, 7) is 8.18. The van der Waals surface area contributed by atoms with Crippen molar-refractivity contribution in [2.75, 3.05) is 26.3 Å². The second-order valence-corrected chi connectivity index (χ2v) is 9.21. The fourth-order valence-corrected chi connectivity index (χ4v) is 6.06. The molecule has 0 aromatic carbocycles. The molecule has 0 radical (unpaired) electrons. The molecule has 158 valence electrons. The number of allylic oxidation sites excluding steroid dienone is 4. The molecule has 0 aromatic heterocycles. The van der Waals surface area contributed by atoms with Gasteiger partial charge in [-0.25, -0.2) is 5.43 Å². The Morgan fingerprint density at radius 3 is 2.93 bits per heavy atom. The molecule has 6 nitrogen and oxygen atoms in total. The van der Waals surface area contributed by atoms with Crippen molar-refractivity contribution in [2.45, 2.75) is 51.0 Å². The number of hydrazine groups is 1. The van der Waals surface area contributed by atoms with Crippen LogP contribution in [0.1, 0.15) is 26.7 Å². The van der Waals surface area contributed by atoms with Gasteiger partial charge in [0.25, 0.3) is 0 Å². The van der Waals surface area contributed by atoms with E-state index in [1.807, 2.05) is 0 Å². The molecule has 4 heterocycles. The van der Waals surface area contributed by atoms with Crippen LogP contribution in [-0.4, -0.2) is 55.5 Å². The van der Waals surface area contributed by atoms with Gasteiger partial charge in [0.15, 0.2) is 0 Å². The molecule has 0 amide bonds. The summed E-state index contributed by atoms with van der Waals surface area (Å²) < 4.78 is 5.73. The van der Waals surface area contributed by atoms with E-state index in [-0.39, 0.29) is 6.04 Å². The van der Waals surface area contributed by atoms with Crippen LogP contribution in [0.25, 0.3) is 0 Å². The molecule has 4 N–H and O–H groups in total. The normalized spacial score (nSPS) is 42.5. The van der Waals surface area contributed by atoms with Crippen LogP contribution in [0.2, 0.25) is 0 Å². The Balaban J connectivity index is 1.47. The van der Waals surface area contributed by atoms with Crippen molar-refractivity contribution in [1.29, 1.82) is 0 Å². The highest BCUT2D eigenvalue weighted by Gasteiger charge is 2.48. The van der Waals surface area contributed by atoms with Gasteiger partial charge in [0.05, 0.1) is 25.4 Å². The molecule has 2 saturated heterocycles. The number of morpholine rings is 1. The maximum atomic E-state index is 5.73. The summed E-state index contributed by atoms with van der Waals surface area (Å²) in [6.07, 6.45) is 16.5. The number of hydrogen-bond acceptors (Lipinski definition) is 6. The van der Waals surface area contributed by atoms with E-state index in [0.717, 1.165) is 32.7 Å². The van der Waals surface area contributed by atoms with E-state index >= 15 is 0 Å². The zero-order valence-electron chi connectivity index (χ0n) is 17.6. The zero-order valence-corrected chi connectivity index (χ0v) is 17.6. The van der Waals surface area contributed by atoms with E-state index in [4.69, 9.17) is 4.74 Å². The van der Waals surface area contributed by atoms with E-state index in [1.54, 1.807) is 0 Å². The Morgan fingerprint density at radius 2 is 2.17 bits per heavy atom. The van der Waals surface area contributed by atoms with Crippen LogP contribution in [-0.2, 0) is 4.74 Å². The maximum Gasteiger partial charge on any atom is 0.0825 e. The zero-order chi connectivity index (χ0) is 19.8. The lowest BCUT2D eigenvalue weighted by molar-refractivity contribution is -0.0570. The monoisotopic (exact) mass is 397 g/mol. The summed E-state index contributed by atoms with van der Waals surface area (Å²) in [6, 6.07) is 1.09. The fourth-order valence-electron chi connectivity index (χ4n) is 6.06. The van der Waals surface area contributed by atoms with Crippen LogP contribution >= 0.6 is 0 Å². The summed E-state index contributed by atoms with van der Waals surface area (Å²) in [4.78, 5) is 2.65. The van der Waals surface area contributed by atoms with Gasteiger partial charge in [0, 0.05) is 36.8 Å². The number of rotatable bonds is 3. The number of hydrogen-bond donors (Lipinski definition) is 4. The fraction of sp³-hybridized carbons (Fsp3) is 0.652. The molecule has 4 aliphatic heterocycles. The Morgan fingerprint density at radius 1 is 1.24 bits per heavy atom. The van der Waals surface area contributed by atoms with Gasteiger partial charge in [-0.1, -0.05) is 29.9 Å². The maximum absolute atomic E-state index is 5.73. The molecule has 6 heteroatoms. The van der Waals surface area contributed by atoms with Crippen LogP contribution in [0.4, 0.5) is 0 Å². The summed E-state index contributed by atoms with van der Waals surface area (Å²) in [5, 5.41) is 7.80. The van der Waals surface area contributed by atoms with E-state index in [2.05, 4.69) is 76.8 Å². The standard InChI is InChI=1S/C23H35N5O/c1-15-13-24-22(19-8-9-25-27-19)23-21(15)18(17-6-4-3-5-7-17)12-20(26-23)28-10-11-29-14-16(28)2/h3-6,8,13,16-18,20-27H,7,9-12,14H2,1-2H3/t16-,17?,18?,20?,21?,22?,23?/m1/s1. The van der Waals surface area contributed by atoms with Crippen LogP contribution in [0.3, 0.4) is 0 Å². The lowest BCUT2D eigenvalue weighted by Gasteiger charge is -2.54. The van der Waals surface area contributed by atoms with Crippen molar-refractivity contribution in [2.24, 2.45) is 17.8 Å². The molecule has 0 bridgehead atoms. The molecule has 5 rings (SSSR count). The number of nitrogens with one attached hydrogen (secondary N) is 4. The third kappa shape index (κ3) is 3.67. The smallest absolute Gasteiger partial charge is 0.0825 e. The Labute approximate surface area is 174 Å². The molecule has 2 fully saturated rings. The average Bonchev–Trinajstić information content (AvgIpc) is 3.29. The molecule has 6 unspecified atom stereocenters.